The molecule has 1 aliphatic carbocycles. The Kier molecular flexibility index (Phi) is 4.00. The summed E-state index contributed by atoms with van der Waals surface area (Å²) in [4.78, 5) is 36.5. The molecule has 0 atom stereocenters. The fourth-order valence-electron chi connectivity index (χ4n) is 3.05. The Bertz CT molecular complexity index is 1020. The Morgan fingerprint density at radius 1 is 0.962 bits per heavy atom. The van der Waals surface area contributed by atoms with Crippen LogP contribution < -0.4 is 0 Å². The van der Waals surface area contributed by atoms with Crippen LogP contribution in [-0.2, 0) is 4.79 Å². The van der Waals surface area contributed by atoms with Gasteiger partial charge in [0.1, 0.15) is 17.2 Å². The second kappa shape index (κ2) is 6.03. The fraction of sp³-hybridized carbons (Fsp3) is 0.105. The Morgan fingerprint density at radius 2 is 1.65 bits per heavy atom. The molecule has 0 aliphatic heterocycles. The van der Waals surface area contributed by atoms with E-state index in [1.54, 1.807) is 0 Å². The predicted octanol–water partition coefficient (Wildman–Crippen LogP) is 2.46. The summed E-state index contributed by atoms with van der Waals surface area (Å²) in [5.41, 5.74) is -0.556. The lowest BCUT2D eigenvalue weighted by Gasteiger charge is -2.21. The SMILES string of the molecule is C/C(=C\c1c(O)cc(O)c2c1C(=O)c1cccc(O)c1C2=O)CC(=O)O. The number of aromatic hydroxyl groups is 3. The highest BCUT2D eigenvalue weighted by molar-refractivity contribution is 6.31. The van der Waals surface area contributed by atoms with Crippen molar-refractivity contribution in [2.45, 2.75) is 13.3 Å². The number of hydrogen-bond acceptors (Lipinski definition) is 6. The van der Waals surface area contributed by atoms with Crippen molar-refractivity contribution in [1.82, 2.24) is 0 Å². The molecule has 0 radical (unpaired) electrons. The molecule has 7 nitrogen and oxygen atoms in total. The number of fused-ring (bicyclic) bond motifs is 2. The molecule has 2 aromatic carbocycles. The smallest absolute Gasteiger partial charge is 0.307 e. The summed E-state index contributed by atoms with van der Waals surface area (Å²) in [5.74, 6) is -3.96. The highest BCUT2D eigenvalue weighted by Gasteiger charge is 2.36. The Morgan fingerprint density at radius 3 is 2.31 bits per heavy atom. The van der Waals surface area contributed by atoms with Gasteiger partial charge in [0.05, 0.1) is 17.5 Å². The zero-order valence-electron chi connectivity index (χ0n) is 13.6. The van der Waals surface area contributed by atoms with E-state index in [1.165, 1.54) is 31.2 Å². The Balaban J connectivity index is 2.32. The van der Waals surface area contributed by atoms with Gasteiger partial charge in [0.2, 0.25) is 5.78 Å². The van der Waals surface area contributed by atoms with E-state index >= 15 is 0 Å². The molecule has 0 saturated carbocycles. The monoisotopic (exact) mass is 354 g/mol. The molecule has 2 aromatic rings. The first-order valence-electron chi connectivity index (χ1n) is 7.61. The predicted molar refractivity (Wildman–Crippen MR) is 90.6 cm³/mol. The van der Waals surface area contributed by atoms with Gasteiger partial charge in [-0.3, -0.25) is 14.4 Å². The second-order valence-electron chi connectivity index (χ2n) is 6.00. The fourth-order valence-corrected chi connectivity index (χ4v) is 3.05. The van der Waals surface area contributed by atoms with E-state index in [-0.39, 0.29) is 34.2 Å². The third-order valence-corrected chi connectivity index (χ3v) is 4.11. The van der Waals surface area contributed by atoms with Crippen molar-refractivity contribution in [3.8, 4) is 17.2 Å². The quantitative estimate of drug-likeness (QED) is 0.568. The van der Waals surface area contributed by atoms with Gasteiger partial charge < -0.3 is 20.4 Å². The molecule has 0 fully saturated rings. The van der Waals surface area contributed by atoms with Crippen molar-refractivity contribution in [1.29, 1.82) is 0 Å². The van der Waals surface area contributed by atoms with Gasteiger partial charge in [-0.1, -0.05) is 23.8 Å². The number of rotatable bonds is 3. The normalized spacial score (nSPS) is 13.3. The number of ketones is 2. The van der Waals surface area contributed by atoms with Crippen LogP contribution in [0.4, 0.5) is 0 Å². The van der Waals surface area contributed by atoms with Gasteiger partial charge in [0, 0.05) is 22.8 Å². The van der Waals surface area contributed by atoms with Crippen molar-refractivity contribution in [2.24, 2.45) is 0 Å². The maximum absolute atomic E-state index is 12.9. The van der Waals surface area contributed by atoms with E-state index in [9.17, 15) is 29.7 Å². The zero-order valence-corrected chi connectivity index (χ0v) is 13.6. The molecule has 26 heavy (non-hydrogen) atoms. The minimum Gasteiger partial charge on any atom is -0.507 e. The maximum Gasteiger partial charge on any atom is 0.307 e. The van der Waals surface area contributed by atoms with Gasteiger partial charge >= 0.3 is 5.97 Å². The van der Waals surface area contributed by atoms with Crippen molar-refractivity contribution in [3.05, 3.63) is 57.7 Å². The minimum atomic E-state index is -1.09. The molecule has 0 heterocycles. The number of phenols is 3. The molecular formula is C19H14O7. The van der Waals surface area contributed by atoms with Crippen molar-refractivity contribution < 1.29 is 34.8 Å². The number of carbonyl (C=O) groups is 3. The molecule has 0 bridgehead atoms. The van der Waals surface area contributed by atoms with Crippen LogP contribution >= 0.6 is 0 Å². The summed E-state index contributed by atoms with van der Waals surface area (Å²) in [6.07, 6.45) is 0.968. The van der Waals surface area contributed by atoms with Crippen LogP contribution in [0, 0.1) is 0 Å². The summed E-state index contributed by atoms with van der Waals surface area (Å²) < 4.78 is 0. The highest BCUT2D eigenvalue weighted by Crippen LogP contribution is 2.42. The van der Waals surface area contributed by atoms with Crippen molar-refractivity contribution in [3.63, 3.8) is 0 Å². The van der Waals surface area contributed by atoms with Crippen LogP contribution in [-0.4, -0.2) is 38.0 Å². The first-order valence-corrected chi connectivity index (χ1v) is 7.61. The topological polar surface area (TPSA) is 132 Å². The van der Waals surface area contributed by atoms with Crippen LogP contribution in [0.2, 0.25) is 0 Å². The average molecular weight is 354 g/mol. The number of benzene rings is 2. The van der Waals surface area contributed by atoms with Gasteiger partial charge in [-0.2, -0.15) is 0 Å². The lowest BCUT2D eigenvalue weighted by molar-refractivity contribution is -0.136. The van der Waals surface area contributed by atoms with E-state index in [0.717, 1.165) is 6.07 Å². The second-order valence-corrected chi connectivity index (χ2v) is 6.00. The lowest BCUT2D eigenvalue weighted by Crippen LogP contribution is -2.22. The summed E-state index contributed by atoms with van der Waals surface area (Å²) in [7, 11) is 0. The van der Waals surface area contributed by atoms with E-state index < -0.39 is 34.8 Å². The molecule has 132 valence electrons. The molecule has 7 heteroatoms. The molecule has 0 spiro atoms. The van der Waals surface area contributed by atoms with Gasteiger partial charge in [-0.05, 0) is 13.0 Å². The van der Waals surface area contributed by atoms with E-state index in [2.05, 4.69) is 0 Å². The summed E-state index contributed by atoms with van der Waals surface area (Å²) in [6.45, 7) is 1.50. The van der Waals surface area contributed by atoms with Crippen LogP contribution in [0.3, 0.4) is 0 Å². The van der Waals surface area contributed by atoms with E-state index in [0.29, 0.717) is 5.57 Å². The Hall–Kier alpha value is -3.61. The number of carbonyl (C=O) groups excluding carboxylic acids is 2. The first-order chi connectivity index (χ1) is 12.2. The molecule has 0 aromatic heterocycles. The summed E-state index contributed by atoms with van der Waals surface area (Å²) in [5, 5.41) is 39.1. The van der Waals surface area contributed by atoms with Crippen molar-refractivity contribution in [2.75, 3.05) is 0 Å². The van der Waals surface area contributed by atoms with E-state index in [4.69, 9.17) is 5.11 Å². The lowest BCUT2D eigenvalue weighted by atomic mass is 9.80. The number of hydrogen-bond donors (Lipinski definition) is 4. The van der Waals surface area contributed by atoms with Crippen LogP contribution in [0.1, 0.15) is 50.8 Å². The largest absolute Gasteiger partial charge is 0.507 e. The molecule has 0 amide bonds. The van der Waals surface area contributed by atoms with Gasteiger partial charge in [-0.15, -0.1) is 0 Å². The summed E-state index contributed by atoms with van der Waals surface area (Å²) >= 11 is 0. The minimum absolute atomic E-state index is 0.0520. The molecule has 0 unspecified atom stereocenters. The molecule has 1 aliphatic rings. The molecule has 4 N–H and O–H groups in total. The first kappa shape index (κ1) is 17.2. The number of phenolic OH excluding ortho intramolecular Hbond substituents is 3. The van der Waals surface area contributed by atoms with Crippen molar-refractivity contribution >= 4 is 23.6 Å². The van der Waals surface area contributed by atoms with Gasteiger partial charge in [0.25, 0.3) is 0 Å². The average Bonchev–Trinajstić information content (AvgIpc) is 2.54. The zero-order chi connectivity index (χ0) is 19.2. The molecule has 3 rings (SSSR count). The molecular weight excluding hydrogens is 340 g/mol. The Labute approximate surface area is 147 Å². The number of carboxylic acid groups (broad SMARTS) is 1. The maximum atomic E-state index is 12.9. The standard InChI is InChI=1S/C19H14O7/c1-8(6-14(23)24)5-10-12(21)7-13(22)17-16(10)18(25)9-3-2-4-11(20)15(9)19(17)26/h2-5,7,20-22H,6H2,1H3,(H,23,24)/b8-5+. The van der Waals surface area contributed by atoms with Gasteiger partial charge in [0.15, 0.2) is 5.78 Å². The van der Waals surface area contributed by atoms with Crippen LogP contribution in [0.15, 0.2) is 29.8 Å². The third kappa shape index (κ3) is 2.59. The van der Waals surface area contributed by atoms with Gasteiger partial charge in [-0.25, -0.2) is 0 Å². The van der Waals surface area contributed by atoms with E-state index in [1.807, 2.05) is 0 Å². The summed E-state index contributed by atoms with van der Waals surface area (Å²) in [6, 6.07) is 4.92. The molecule has 0 saturated heterocycles. The third-order valence-electron chi connectivity index (χ3n) is 4.11. The van der Waals surface area contributed by atoms with Crippen LogP contribution in [0.5, 0.6) is 17.2 Å². The number of aliphatic carboxylic acids is 1. The van der Waals surface area contributed by atoms with Crippen LogP contribution in [0.25, 0.3) is 6.08 Å². The number of carboxylic acids is 1. The highest BCUT2D eigenvalue weighted by atomic mass is 16.4.